The van der Waals surface area contributed by atoms with Crippen molar-refractivity contribution in [2.45, 2.75) is 13.8 Å². The first-order valence-corrected chi connectivity index (χ1v) is 7.51. The third-order valence-electron chi connectivity index (χ3n) is 4.12. The first-order chi connectivity index (χ1) is 11.1. The standard InChI is InChI=1S/C18H17N5/c1-11-17(12(2)23(22-11)14-6-4-3-5-7-14)18-15-9-8-13(19)10-16(15)20-21-18/h3-10H,19H2,1-2H3,(H,20,21). The van der Waals surface area contributed by atoms with Crippen LogP contribution in [0.2, 0.25) is 0 Å². The van der Waals surface area contributed by atoms with Gasteiger partial charge in [-0.3, -0.25) is 5.10 Å². The first-order valence-electron chi connectivity index (χ1n) is 7.51. The summed E-state index contributed by atoms with van der Waals surface area (Å²) in [6.45, 7) is 4.08. The lowest BCUT2D eigenvalue weighted by Crippen LogP contribution is -1.98. The smallest absolute Gasteiger partial charge is 0.104 e. The maximum atomic E-state index is 5.85. The maximum Gasteiger partial charge on any atom is 0.104 e. The van der Waals surface area contributed by atoms with E-state index in [1.54, 1.807) is 0 Å². The number of nitrogens with one attached hydrogen (secondary N) is 1. The summed E-state index contributed by atoms with van der Waals surface area (Å²) in [5.74, 6) is 0. The van der Waals surface area contributed by atoms with E-state index in [9.17, 15) is 0 Å². The third-order valence-corrected chi connectivity index (χ3v) is 4.12. The molecule has 0 amide bonds. The lowest BCUT2D eigenvalue weighted by Gasteiger charge is -2.04. The second-order valence-corrected chi connectivity index (χ2v) is 5.67. The number of hydrogen-bond donors (Lipinski definition) is 2. The highest BCUT2D eigenvalue weighted by Gasteiger charge is 2.19. The van der Waals surface area contributed by atoms with Gasteiger partial charge in [0, 0.05) is 16.6 Å². The minimum Gasteiger partial charge on any atom is -0.399 e. The van der Waals surface area contributed by atoms with Crippen molar-refractivity contribution in [2.75, 3.05) is 5.73 Å². The molecule has 0 aliphatic carbocycles. The number of nitrogen functional groups attached to an aromatic ring is 1. The van der Waals surface area contributed by atoms with Gasteiger partial charge in [-0.15, -0.1) is 0 Å². The number of hydrogen-bond acceptors (Lipinski definition) is 3. The molecule has 0 atom stereocenters. The average molecular weight is 303 g/mol. The quantitative estimate of drug-likeness (QED) is 0.556. The van der Waals surface area contributed by atoms with E-state index in [-0.39, 0.29) is 0 Å². The minimum atomic E-state index is 0.723. The SMILES string of the molecule is Cc1nn(-c2ccccc2)c(C)c1-c1n[nH]c2cc(N)ccc12. The lowest BCUT2D eigenvalue weighted by molar-refractivity contribution is 0.834. The van der Waals surface area contributed by atoms with Gasteiger partial charge < -0.3 is 5.73 Å². The topological polar surface area (TPSA) is 72.5 Å². The number of para-hydroxylation sites is 1. The molecule has 2 aromatic heterocycles. The molecule has 0 unspecified atom stereocenters. The molecule has 0 aliphatic heterocycles. The number of benzene rings is 2. The lowest BCUT2D eigenvalue weighted by atomic mass is 10.1. The summed E-state index contributed by atoms with van der Waals surface area (Å²) in [6, 6.07) is 15.9. The minimum absolute atomic E-state index is 0.723. The van der Waals surface area contributed by atoms with Crippen LogP contribution in [-0.4, -0.2) is 20.0 Å². The van der Waals surface area contributed by atoms with Crippen LogP contribution in [0.4, 0.5) is 5.69 Å². The summed E-state index contributed by atoms with van der Waals surface area (Å²) in [5.41, 5.74) is 12.5. The molecule has 23 heavy (non-hydrogen) atoms. The van der Waals surface area contributed by atoms with Gasteiger partial charge in [0.25, 0.3) is 0 Å². The van der Waals surface area contributed by atoms with Crippen molar-refractivity contribution in [3.8, 4) is 16.9 Å². The molecule has 114 valence electrons. The number of anilines is 1. The van der Waals surface area contributed by atoms with E-state index in [1.165, 1.54) is 0 Å². The molecule has 4 aromatic rings. The van der Waals surface area contributed by atoms with Crippen molar-refractivity contribution in [2.24, 2.45) is 0 Å². The maximum absolute atomic E-state index is 5.85. The zero-order chi connectivity index (χ0) is 16.0. The van der Waals surface area contributed by atoms with Crippen LogP contribution in [0.15, 0.2) is 48.5 Å². The fourth-order valence-electron chi connectivity index (χ4n) is 3.03. The van der Waals surface area contributed by atoms with Gasteiger partial charge >= 0.3 is 0 Å². The van der Waals surface area contributed by atoms with Gasteiger partial charge in [0.05, 0.1) is 22.6 Å². The third kappa shape index (κ3) is 2.09. The summed E-state index contributed by atoms with van der Waals surface area (Å²) in [5, 5.41) is 13.3. The van der Waals surface area contributed by atoms with Gasteiger partial charge in [-0.1, -0.05) is 18.2 Å². The predicted molar refractivity (Wildman–Crippen MR) is 92.5 cm³/mol. The molecule has 3 N–H and O–H groups in total. The highest BCUT2D eigenvalue weighted by Crippen LogP contribution is 2.32. The Labute approximate surface area is 133 Å². The molecule has 5 nitrogen and oxygen atoms in total. The van der Waals surface area contributed by atoms with Crippen molar-refractivity contribution in [3.05, 3.63) is 59.9 Å². The fourth-order valence-corrected chi connectivity index (χ4v) is 3.03. The van der Waals surface area contributed by atoms with Crippen LogP contribution >= 0.6 is 0 Å². The summed E-state index contributed by atoms with van der Waals surface area (Å²) < 4.78 is 1.96. The van der Waals surface area contributed by atoms with E-state index in [4.69, 9.17) is 10.8 Å². The van der Waals surface area contributed by atoms with Crippen molar-refractivity contribution in [1.29, 1.82) is 0 Å². The van der Waals surface area contributed by atoms with E-state index in [0.29, 0.717) is 0 Å². The van der Waals surface area contributed by atoms with Gasteiger partial charge in [0.15, 0.2) is 0 Å². The van der Waals surface area contributed by atoms with E-state index in [1.807, 2.05) is 60.1 Å². The number of nitrogens with two attached hydrogens (primary N) is 1. The van der Waals surface area contributed by atoms with Crippen molar-refractivity contribution >= 4 is 16.6 Å². The molecule has 0 aliphatic rings. The Morgan fingerprint density at radius 1 is 1.04 bits per heavy atom. The normalized spacial score (nSPS) is 11.2. The van der Waals surface area contributed by atoms with Crippen molar-refractivity contribution < 1.29 is 0 Å². The largest absolute Gasteiger partial charge is 0.399 e. The number of aryl methyl sites for hydroxylation is 1. The summed E-state index contributed by atoms with van der Waals surface area (Å²) in [7, 11) is 0. The fraction of sp³-hybridized carbons (Fsp3) is 0.111. The number of aromatic nitrogens is 4. The average Bonchev–Trinajstić information content (AvgIpc) is 3.08. The molecule has 0 radical (unpaired) electrons. The number of rotatable bonds is 2. The summed E-state index contributed by atoms with van der Waals surface area (Å²) in [4.78, 5) is 0. The Morgan fingerprint density at radius 2 is 1.83 bits per heavy atom. The van der Waals surface area contributed by atoms with E-state index < -0.39 is 0 Å². The van der Waals surface area contributed by atoms with E-state index in [2.05, 4.69) is 17.1 Å². The van der Waals surface area contributed by atoms with Gasteiger partial charge in [0.2, 0.25) is 0 Å². The Bertz CT molecular complexity index is 995. The molecule has 2 heterocycles. The predicted octanol–water partition coefficient (Wildman–Crippen LogP) is 3.61. The van der Waals surface area contributed by atoms with Crippen LogP contribution in [0, 0.1) is 13.8 Å². The van der Waals surface area contributed by atoms with E-state index >= 15 is 0 Å². The second-order valence-electron chi connectivity index (χ2n) is 5.67. The molecular formula is C18H17N5. The Kier molecular flexibility index (Phi) is 2.94. The Balaban J connectivity index is 1.94. The molecule has 0 saturated carbocycles. The summed E-state index contributed by atoms with van der Waals surface area (Å²) in [6.07, 6.45) is 0. The highest BCUT2D eigenvalue weighted by atomic mass is 15.3. The van der Waals surface area contributed by atoms with Crippen LogP contribution in [0.3, 0.4) is 0 Å². The molecule has 0 spiro atoms. The molecular weight excluding hydrogens is 286 g/mol. The van der Waals surface area contributed by atoms with E-state index in [0.717, 1.165) is 44.9 Å². The van der Waals surface area contributed by atoms with Crippen LogP contribution < -0.4 is 5.73 Å². The van der Waals surface area contributed by atoms with Gasteiger partial charge in [0.1, 0.15) is 5.69 Å². The molecule has 0 bridgehead atoms. The first kappa shape index (κ1) is 13.6. The number of fused-ring (bicyclic) bond motifs is 1. The Morgan fingerprint density at radius 3 is 2.61 bits per heavy atom. The van der Waals surface area contributed by atoms with Crippen LogP contribution in [0.25, 0.3) is 27.8 Å². The monoisotopic (exact) mass is 303 g/mol. The Hall–Kier alpha value is -3.08. The molecule has 5 heteroatoms. The van der Waals surface area contributed by atoms with Crippen molar-refractivity contribution in [3.63, 3.8) is 0 Å². The van der Waals surface area contributed by atoms with Crippen molar-refractivity contribution in [1.82, 2.24) is 20.0 Å². The van der Waals surface area contributed by atoms with Crippen LogP contribution in [0.1, 0.15) is 11.4 Å². The van der Waals surface area contributed by atoms with Crippen LogP contribution in [-0.2, 0) is 0 Å². The zero-order valence-electron chi connectivity index (χ0n) is 13.0. The summed E-state index contributed by atoms with van der Waals surface area (Å²) >= 11 is 0. The molecule has 4 rings (SSSR count). The molecule has 2 aromatic carbocycles. The number of H-pyrrole nitrogens is 1. The highest BCUT2D eigenvalue weighted by molar-refractivity contribution is 5.95. The molecule has 0 fully saturated rings. The molecule has 0 saturated heterocycles. The van der Waals surface area contributed by atoms with Gasteiger partial charge in [-0.05, 0) is 44.2 Å². The van der Waals surface area contributed by atoms with Gasteiger partial charge in [-0.25, -0.2) is 4.68 Å². The van der Waals surface area contributed by atoms with Crippen LogP contribution in [0.5, 0.6) is 0 Å². The number of aromatic amines is 1. The van der Waals surface area contributed by atoms with Gasteiger partial charge in [-0.2, -0.15) is 10.2 Å². The zero-order valence-corrected chi connectivity index (χ0v) is 13.0. The second kappa shape index (κ2) is 4.98. The number of nitrogens with zero attached hydrogens (tertiary/aromatic N) is 3.